The van der Waals surface area contributed by atoms with Crippen LogP contribution in [0.4, 0.5) is 15.8 Å². The number of hydrogen-bond acceptors (Lipinski definition) is 4. The quantitative estimate of drug-likeness (QED) is 0.626. The first-order valence-electron chi connectivity index (χ1n) is 4.23. The van der Waals surface area contributed by atoms with E-state index in [4.69, 9.17) is 5.11 Å². The molecule has 1 aromatic carbocycles. The van der Waals surface area contributed by atoms with E-state index in [0.717, 1.165) is 6.07 Å². The molecule has 0 saturated heterocycles. The molecule has 0 unspecified atom stereocenters. The van der Waals surface area contributed by atoms with Crippen LogP contribution in [0.5, 0.6) is 0 Å². The molecular weight excluding hydrogens is 219 g/mol. The molecule has 7 heteroatoms. The Balaban J connectivity index is 3.49. The summed E-state index contributed by atoms with van der Waals surface area (Å²) in [6.07, 6.45) is 0. The minimum absolute atomic E-state index is 0.0452. The van der Waals surface area contributed by atoms with Gasteiger partial charge in [0.25, 0.3) is 5.69 Å². The molecule has 0 spiro atoms. The van der Waals surface area contributed by atoms with Crippen LogP contribution in [0, 0.1) is 15.9 Å². The van der Waals surface area contributed by atoms with E-state index in [2.05, 4.69) is 0 Å². The summed E-state index contributed by atoms with van der Waals surface area (Å²) in [6, 6.07) is 1.55. The van der Waals surface area contributed by atoms with Crippen molar-refractivity contribution in [2.75, 3.05) is 19.0 Å². The van der Waals surface area contributed by atoms with Crippen LogP contribution < -0.4 is 4.90 Å². The number of anilines is 1. The highest BCUT2D eigenvalue weighted by Crippen LogP contribution is 2.29. The largest absolute Gasteiger partial charge is 0.478 e. The summed E-state index contributed by atoms with van der Waals surface area (Å²) < 4.78 is 13.2. The first kappa shape index (κ1) is 11.9. The monoisotopic (exact) mass is 228 g/mol. The van der Waals surface area contributed by atoms with E-state index in [9.17, 15) is 19.3 Å². The van der Waals surface area contributed by atoms with Crippen LogP contribution in [0.25, 0.3) is 0 Å². The molecule has 86 valence electrons. The minimum Gasteiger partial charge on any atom is -0.478 e. The van der Waals surface area contributed by atoms with E-state index >= 15 is 0 Å². The van der Waals surface area contributed by atoms with Gasteiger partial charge in [-0.2, -0.15) is 0 Å². The number of benzene rings is 1. The highest BCUT2D eigenvalue weighted by atomic mass is 19.1. The maximum atomic E-state index is 13.2. The van der Waals surface area contributed by atoms with Gasteiger partial charge < -0.3 is 10.0 Å². The van der Waals surface area contributed by atoms with Crippen LogP contribution in [0.15, 0.2) is 12.1 Å². The van der Waals surface area contributed by atoms with Gasteiger partial charge in [0.05, 0.1) is 16.6 Å². The molecule has 1 rings (SSSR count). The molecule has 0 amide bonds. The van der Waals surface area contributed by atoms with Crippen molar-refractivity contribution in [2.24, 2.45) is 0 Å². The van der Waals surface area contributed by atoms with Crippen molar-refractivity contribution in [3.63, 3.8) is 0 Å². The zero-order chi connectivity index (χ0) is 12.5. The smallest absolute Gasteiger partial charge is 0.338 e. The molecule has 1 N–H and O–H groups in total. The summed E-state index contributed by atoms with van der Waals surface area (Å²) in [5.41, 5.74) is -1.01. The van der Waals surface area contributed by atoms with Gasteiger partial charge in [0.15, 0.2) is 0 Å². The van der Waals surface area contributed by atoms with E-state index in [-0.39, 0.29) is 5.69 Å². The van der Waals surface area contributed by atoms with Gasteiger partial charge in [0.2, 0.25) is 0 Å². The standard InChI is InChI=1S/C9H9FN2O4/c1-11(2)7-3-5(9(13)14)6(10)4-8(7)12(15)16/h3-4H,1-2H3,(H,13,14). The van der Waals surface area contributed by atoms with E-state index in [1.807, 2.05) is 0 Å². The molecule has 1 aromatic rings. The molecular formula is C9H9FN2O4. The topological polar surface area (TPSA) is 83.7 Å². The van der Waals surface area contributed by atoms with E-state index in [0.29, 0.717) is 6.07 Å². The van der Waals surface area contributed by atoms with Crippen LogP contribution >= 0.6 is 0 Å². The maximum Gasteiger partial charge on any atom is 0.338 e. The molecule has 0 aliphatic rings. The molecule has 0 saturated carbocycles. The predicted octanol–water partition coefficient (Wildman–Crippen LogP) is 1.50. The van der Waals surface area contributed by atoms with E-state index in [1.165, 1.54) is 19.0 Å². The second-order valence-corrected chi connectivity index (χ2v) is 3.28. The summed E-state index contributed by atoms with van der Waals surface area (Å²) in [4.78, 5) is 21.9. The molecule has 0 aliphatic carbocycles. The van der Waals surface area contributed by atoms with Gasteiger partial charge in [-0.25, -0.2) is 9.18 Å². The number of rotatable bonds is 3. The molecule has 0 aromatic heterocycles. The van der Waals surface area contributed by atoms with Crippen LogP contribution in [0.1, 0.15) is 10.4 Å². The highest BCUT2D eigenvalue weighted by molar-refractivity contribution is 5.90. The molecule has 0 aliphatic heterocycles. The molecule has 0 heterocycles. The van der Waals surface area contributed by atoms with Crippen molar-refractivity contribution in [2.45, 2.75) is 0 Å². The SMILES string of the molecule is CN(C)c1cc(C(=O)O)c(F)cc1[N+](=O)[O-]. The molecule has 16 heavy (non-hydrogen) atoms. The second-order valence-electron chi connectivity index (χ2n) is 3.28. The number of aromatic carboxylic acids is 1. The Labute approximate surface area is 90.1 Å². The first-order chi connectivity index (χ1) is 7.34. The number of carbonyl (C=O) groups is 1. The number of nitrogens with zero attached hydrogens (tertiary/aromatic N) is 2. The van der Waals surface area contributed by atoms with E-state index < -0.39 is 28.0 Å². The Hall–Kier alpha value is -2.18. The summed E-state index contributed by atoms with van der Waals surface area (Å²) in [6.45, 7) is 0. The van der Waals surface area contributed by atoms with Crippen molar-refractivity contribution >= 4 is 17.3 Å². The van der Waals surface area contributed by atoms with Gasteiger partial charge in [0.1, 0.15) is 11.5 Å². The normalized spacial score (nSPS) is 9.94. The zero-order valence-electron chi connectivity index (χ0n) is 8.60. The number of halogens is 1. The van der Waals surface area contributed by atoms with Crippen LogP contribution in [0.2, 0.25) is 0 Å². The lowest BCUT2D eigenvalue weighted by atomic mass is 10.1. The third-order valence-electron chi connectivity index (χ3n) is 1.97. The highest BCUT2D eigenvalue weighted by Gasteiger charge is 2.22. The van der Waals surface area contributed by atoms with Crippen LogP contribution in [-0.2, 0) is 0 Å². The Bertz CT molecular complexity index is 459. The Morgan fingerprint density at radius 1 is 1.50 bits per heavy atom. The lowest BCUT2D eigenvalue weighted by molar-refractivity contribution is -0.384. The Morgan fingerprint density at radius 3 is 2.44 bits per heavy atom. The van der Waals surface area contributed by atoms with Crippen molar-refractivity contribution in [3.8, 4) is 0 Å². The molecule has 0 atom stereocenters. The average molecular weight is 228 g/mol. The van der Waals surface area contributed by atoms with Crippen LogP contribution in [-0.4, -0.2) is 30.1 Å². The van der Waals surface area contributed by atoms with Gasteiger partial charge in [0, 0.05) is 14.1 Å². The van der Waals surface area contributed by atoms with Gasteiger partial charge in [-0.15, -0.1) is 0 Å². The van der Waals surface area contributed by atoms with Gasteiger partial charge in [-0.3, -0.25) is 10.1 Å². The minimum atomic E-state index is -1.46. The fourth-order valence-electron chi connectivity index (χ4n) is 1.22. The van der Waals surface area contributed by atoms with Crippen molar-refractivity contribution in [3.05, 3.63) is 33.6 Å². The van der Waals surface area contributed by atoms with Gasteiger partial charge in [-0.1, -0.05) is 0 Å². The van der Waals surface area contributed by atoms with Crippen molar-refractivity contribution in [1.82, 2.24) is 0 Å². The predicted molar refractivity (Wildman–Crippen MR) is 54.3 cm³/mol. The Kier molecular flexibility index (Phi) is 3.07. The first-order valence-corrected chi connectivity index (χ1v) is 4.23. The number of nitro groups is 1. The summed E-state index contributed by atoms with van der Waals surface area (Å²) in [5.74, 6) is -2.58. The third-order valence-corrected chi connectivity index (χ3v) is 1.97. The lowest BCUT2D eigenvalue weighted by Gasteiger charge is -2.13. The average Bonchev–Trinajstić information content (AvgIpc) is 2.15. The lowest BCUT2D eigenvalue weighted by Crippen LogP contribution is -2.13. The molecule has 6 nitrogen and oxygen atoms in total. The fourth-order valence-corrected chi connectivity index (χ4v) is 1.22. The van der Waals surface area contributed by atoms with Crippen molar-refractivity contribution < 1.29 is 19.2 Å². The van der Waals surface area contributed by atoms with Crippen LogP contribution in [0.3, 0.4) is 0 Å². The summed E-state index contributed by atoms with van der Waals surface area (Å²) in [5, 5.41) is 19.3. The maximum absolute atomic E-state index is 13.2. The number of nitro benzene ring substituents is 1. The van der Waals surface area contributed by atoms with Gasteiger partial charge >= 0.3 is 5.97 Å². The fraction of sp³-hybridized carbons (Fsp3) is 0.222. The van der Waals surface area contributed by atoms with Crippen molar-refractivity contribution in [1.29, 1.82) is 0 Å². The van der Waals surface area contributed by atoms with E-state index in [1.54, 1.807) is 0 Å². The number of carboxylic acid groups (broad SMARTS) is 1. The second kappa shape index (κ2) is 4.13. The zero-order valence-corrected chi connectivity index (χ0v) is 8.60. The summed E-state index contributed by atoms with van der Waals surface area (Å²) in [7, 11) is 3.01. The molecule has 0 fully saturated rings. The Morgan fingerprint density at radius 2 is 2.06 bits per heavy atom. The molecule has 0 radical (unpaired) electrons. The summed E-state index contributed by atoms with van der Waals surface area (Å²) >= 11 is 0. The number of hydrogen-bond donors (Lipinski definition) is 1. The molecule has 0 bridgehead atoms. The van der Waals surface area contributed by atoms with Gasteiger partial charge in [-0.05, 0) is 6.07 Å². The number of carboxylic acids is 1. The third kappa shape index (κ3) is 2.08.